The van der Waals surface area contributed by atoms with E-state index in [2.05, 4.69) is 9.88 Å². The molecule has 0 amide bonds. The van der Waals surface area contributed by atoms with Gasteiger partial charge >= 0.3 is 5.97 Å². The smallest absolute Gasteiger partial charge is 0.340 e. The van der Waals surface area contributed by atoms with E-state index in [-0.39, 0.29) is 12.1 Å². The maximum Gasteiger partial charge on any atom is 0.340 e. The van der Waals surface area contributed by atoms with Crippen LogP contribution in [0.2, 0.25) is 0 Å². The summed E-state index contributed by atoms with van der Waals surface area (Å²) >= 11 is 0. The molecule has 0 spiro atoms. The maximum absolute atomic E-state index is 11.6. The molecule has 2 unspecified atom stereocenters. The summed E-state index contributed by atoms with van der Waals surface area (Å²) in [4.78, 5) is 18.0. The Kier molecular flexibility index (Phi) is 3.90. The number of nitrogens with zero attached hydrogens (tertiary/aromatic N) is 2. The van der Waals surface area contributed by atoms with Crippen molar-refractivity contribution in [2.24, 2.45) is 0 Å². The Bertz CT molecular complexity index is 478. The predicted molar refractivity (Wildman–Crippen MR) is 72.2 cm³/mol. The van der Waals surface area contributed by atoms with Gasteiger partial charge in [-0.15, -0.1) is 0 Å². The van der Waals surface area contributed by atoms with Crippen molar-refractivity contribution in [3.63, 3.8) is 0 Å². The highest BCUT2D eigenvalue weighted by molar-refractivity contribution is 5.97. The second-order valence-corrected chi connectivity index (χ2v) is 4.73. The highest BCUT2D eigenvalue weighted by Crippen LogP contribution is 2.28. The van der Waals surface area contributed by atoms with Crippen LogP contribution in [0.4, 0.5) is 11.5 Å². The fourth-order valence-corrected chi connectivity index (χ4v) is 2.18. The van der Waals surface area contributed by atoms with Gasteiger partial charge in [0.1, 0.15) is 0 Å². The molecule has 1 aromatic heterocycles. The van der Waals surface area contributed by atoms with Gasteiger partial charge in [0.25, 0.3) is 0 Å². The predicted octanol–water partition coefficient (Wildman–Crippen LogP) is 1.06. The van der Waals surface area contributed by atoms with Crippen LogP contribution in [0.1, 0.15) is 24.2 Å². The highest BCUT2D eigenvalue weighted by atomic mass is 16.5. The molecule has 0 aliphatic carbocycles. The Hall–Kier alpha value is -1.82. The van der Waals surface area contributed by atoms with E-state index in [4.69, 9.17) is 15.2 Å². The zero-order chi connectivity index (χ0) is 14.0. The van der Waals surface area contributed by atoms with Gasteiger partial charge in [0.05, 0.1) is 37.1 Å². The molecule has 0 radical (unpaired) electrons. The number of anilines is 2. The number of hydrogen-bond donors (Lipinski definition) is 1. The van der Waals surface area contributed by atoms with E-state index < -0.39 is 5.97 Å². The minimum Gasteiger partial charge on any atom is -0.465 e. The SMILES string of the molecule is COC(=O)c1ccnc(N2CC(C)OCC2C)c1N. The van der Waals surface area contributed by atoms with Crippen molar-refractivity contribution in [1.29, 1.82) is 0 Å². The van der Waals surface area contributed by atoms with Crippen molar-refractivity contribution in [3.8, 4) is 0 Å². The van der Waals surface area contributed by atoms with Crippen LogP contribution in [0.25, 0.3) is 0 Å². The fourth-order valence-electron chi connectivity index (χ4n) is 2.18. The van der Waals surface area contributed by atoms with Crippen LogP contribution < -0.4 is 10.6 Å². The average Bonchev–Trinajstić information content (AvgIpc) is 2.41. The number of rotatable bonds is 2. The van der Waals surface area contributed by atoms with E-state index in [1.165, 1.54) is 7.11 Å². The van der Waals surface area contributed by atoms with Crippen molar-refractivity contribution >= 4 is 17.5 Å². The number of pyridine rings is 1. The summed E-state index contributed by atoms with van der Waals surface area (Å²) in [5, 5.41) is 0. The largest absolute Gasteiger partial charge is 0.465 e. The molecule has 1 aliphatic heterocycles. The first-order valence-electron chi connectivity index (χ1n) is 6.25. The maximum atomic E-state index is 11.6. The summed E-state index contributed by atoms with van der Waals surface area (Å²) in [6.45, 7) is 5.35. The first-order valence-corrected chi connectivity index (χ1v) is 6.25. The number of aromatic nitrogens is 1. The number of hydrogen-bond acceptors (Lipinski definition) is 6. The van der Waals surface area contributed by atoms with Crippen molar-refractivity contribution in [1.82, 2.24) is 4.98 Å². The Morgan fingerprint density at radius 3 is 3.00 bits per heavy atom. The molecular formula is C13H19N3O3. The topological polar surface area (TPSA) is 77.7 Å². The van der Waals surface area contributed by atoms with Crippen LogP contribution >= 0.6 is 0 Å². The summed E-state index contributed by atoms with van der Waals surface area (Å²) in [6, 6.07) is 1.73. The molecule has 0 saturated carbocycles. The minimum atomic E-state index is -0.449. The van der Waals surface area contributed by atoms with Crippen molar-refractivity contribution < 1.29 is 14.3 Å². The van der Waals surface area contributed by atoms with E-state index in [1.54, 1.807) is 12.3 Å². The standard InChI is InChI=1S/C13H19N3O3/c1-8-7-19-9(2)6-16(8)12-11(14)10(4-5-15-12)13(17)18-3/h4-5,8-9H,6-7,14H2,1-3H3. The summed E-state index contributed by atoms with van der Waals surface area (Å²) in [5.41, 5.74) is 6.76. The summed E-state index contributed by atoms with van der Waals surface area (Å²) in [5.74, 6) is 0.167. The number of nitrogens with two attached hydrogens (primary N) is 1. The molecular weight excluding hydrogens is 246 g/mol. The summed E-state index contributed by atoms with van der Waals surface area (Å²) < 4.78 is 10.3. The van der Waals surface area contributed by atoms with Gasteiger partial charge in [-0.1, -0.05) is 0 Å². The third-order valence-electron chi connectivity index (χ3n) is 3.25. The van der Waals surface area contributed by atoms with Gasteiger partial charge in [-0.3, -0.25) is 0 Å². The number of esters is 1. The van der Waals surface area contributed by atoms with E-state index in [9.17, 15) is 4.79 Å². The van der Waals surface area contributed by atoms with Gasteiger partial charge in [-0.05, 0) is 19.9 Å². The van der Waals surface area contributed by atoms with E-state index in [1.807, 2.05) is 13.8 Å². The zero-order valence-corrected chi connectivity index (χ0v) is 11.4. The van der Waals surface area contributed by atoms with Crippen LogP contribution in [0.15, 0.2) is 12.3 Å². The Labute approximate surface area is 112 Å². The van der Waals surface area contributed by atoms with Crippen LogP contribution in [0, 0.1) is 0 Å². The lowest BCUT2D eigenvalue weighted by Crippen LogP contribution is -2.48. The average molecular weight is 265 g/mol. The molecule has 1 saturated heterocycles. The number of carbonyl (C=O) groups is 1. The summed E-state index contributed by atoms with van der Waals surface area (Å²) in [6.07, 6.45) is 1.68. The third-order valence-corrected chi connectivity index (χ3v) is 3.25. The zero-order valence-electron chi connectivity index (χ0n) is 11.4. The number of carbonyl (C=O) groups excluding carboxylic acids is 1. The first-order chi connectivity index (χ1) is 9.04. The molecule has 104 valence electrons. The second kappa shape index (κ2) is 5.44. The Morgan fingerprint density at radius 2 is 2.32 bits per heavy atom. The van der Waals surface area contributed by atoms with Gasteiger partial charge in [0, 0.05) is 12.7 Å². The Balaban J connectivity index is 2.36. The molecule has 19 heavy (non-hydrogen) atoms. The van der Waals surface area contributed by atoms with Gasteiger partial charge in [0.2, 0.25) is 0 Å². The van der Waals surface area contributed by atoms with Gasteiger partial charge in [-0.25, -0.2) is 9.78 Å². The van der Waals surface area contributed by atoms with Crippen LogP contribution in [0.5, 0.6) is 0 Å². The van der Waals surface area contributed by atoms with Crippen molar-refractivity contribution in [3.05, 3.63) is 17.8 Å². The van der Waals surface area contributed by atoms with Crippen molar-refractivity contribution in [2.45, 2.75) is 26.0 Å². The molecule has 0 aromatic carbocycles. The monoisotopic (exact) mass is 265 g/mol. The fraction of sp³-hybridized carbons (Fsp3) is 0.538. The van der Waals surface area contributed by atoms with Crippen LogP contribution in [-0.2, 0) is 9.47 Å². The molecule has 0 bridgehead atoms. The first kappa shape index (κ1) is 13.6. The lowest BCUT2D eigenvalue weighted by Gasteiger charge is -2.38. The second-order valence-electron chi connectivity index (χ2n) is 4.73. The van der Waals surface area contributed by atoms with Crippen LogP contribution in [-0.4, -0.2) is 43.4 Å². The normalized spacial score (nSPS) is 23.2. The molecule has 6 heteroatoms. The number of methoxy groups -OCH3 is 1. The molecule has 6 nitrogen and oxygen atoms in total. The molecule has 2 heterocycles. The highest BCUT2D eigenvalue weighted by Gasteiger charge is 2.27. The molecule has 1 aliphatic rings. The molecule has 2 N–H and O–H groups in total. The Morgan fingerprint density at radius 1 is 1.58 bits per heavy atom. The van der Waals surface area contributed by atoms with Crippen molar-refractivity contribution in [2.75, 3.05) is 30.9 Å². The molecule has 2 rings (SSSR count). The lowest BCUT2D eigenvalue weighted by molar-refractivity contribution is 0.0341. The summed E-state index contributed by atoms with van der Waals surface area (Å²) in [7, 11) is 1.33. The number of ether oxygens (including phenoxy) is 2. The molecule has 1 aromatic rings. The van der Waals surface area contributed by atoms with Gasteiger partial charge in [0.15, 0.2) is 5.82 Å². The van der Waals surface area contributed by atoms with Gasteiger partial charge in [-0.2, -0.15) is 0 Å². The lowest BCUT2D eigenvalue weighted by atomic mass is 10.1. The number of morpholine rings is 1. The quantitative estimate of drug-likeness (QED) is 0.806. The molecule has 2 atom stereocenters. The van der Waals surface area contributed by atoms with Crippen LogP contribution in [0.3, 0.4) is 0 Å². The number of nitrogen functional groups attached to an aromatic ring is 1. The van der Waals surface area contributed by atoms with Gasteiger partial charge < -0.3 is 20.1 Å². The van der Waals surface area contributed by atoms with E-state index in [0.29, 0.717) is 30.2 Å². The minimum absolute atomic E-state index is 0.110. The van der Waals surface area contributed by atoms with E-state index in [0.717, 1.165) is 0 Å². The third kappa shape index (κ3) is 2.63. The molecule has 1 fully saturated rings. The van der Waals surface area contributed by atoms with E-state index >= 15 is 0 Å².